The summed E-state index contributed by atoms with van der Waals surface area (Å²) in [4.78, 5) is 1.06. The number of hydrogen-bond donors (Lipinski definition) is 1. The molecule has 120 valence electrons. The van der Waals surface area contributed by atoms with Crippen molar-refractivity contribution >= 4 is 21.4 Å². The van der Waals surface area contributed by atoms with E-state index >= 15 is 0 Å². The van der Waals surface area contributed by atoms with Crippen LogP contribution in [0.4, 0.5) is 0 Å². The van der Waals surface area contributed by atoms with Gasteiger partial charge in [0.1, 0.15) is 16.6 Å². The van der Waals surface area contributed by atoms with E-state index in [1.54, 1.807) is 6.07 Å². The highest BCUT2D eigenvalue weighted by molar-refractivity contribution is 7.91. The van der Waals surface area contributed by atoms with E-state index in [1.807, 2.05) is 39.0 Å². The first-order chi connectivity index (χ1) is 10.4. The van der Waals surface area contributed by atoms with Crippen LogP contribution in [0.5, 0.6) is 5.75 Å². The minimum absolute atomic E-state index is 0.245. The fraction of sp³-hybridized carbons (Fsp3) is 0.375. The Bertz CT molecular complexity index is 715. The van der Waals surface area contributed by atoms with Crippen LogP contribution in [0.15, 0.2) is 34.5 Å². The Hall–Kier alpha value is -1.37. The van der Waals surface area contributed by atoms with Crippen molar-refractivity contribution in [3.05, 3.63) is 46.3 Å². The maximum atomic E-state index is 12.1. The monoisotopic (exact) mass is 339 g/mol. The second kappa shape index (κ2) is 7.26. The summed E-state index contributed by atoms with van der Waals surface area (Å²) in [7, 11) is -3.43. The van der Waals surface area contributed by atoms with Crippen molar-refractivity contribution in [3.8, 4) is 5.75 Å². The van der Waals surface area contributed by atoms with Gasteiger partial charge in [0.25, 0.3) is 0 Å². The maximum absolute atomic E-state index is 12.1. The Morgan fingerprint density at radius 1 is 1.14 bits per heavy atom. The van der Waals surface area contributed by atoms with Crippen LogP contribution in [0, 0.1) is 13.8 Å². The lowest BCUT2D eigenvalue weighted by atomic mass is 10.1. The van der Waals surface area contributed by atoms with Crippen molar-refractivity contribution in [1.29, 1.82) is 0 Å². The number of hydrogen-bond acceptors (Lipinski definition) is 4. The fourth-order valence-electron chi connectivity index (χ4n) is 2.12. The minimum atomic E-state index is -3.43. The lowest BCUT2D eigenvalue weighted by Gasteiger charge is -2.09. The molecule has 2 rings (SSSR count). The average molecular weight is 339 g/mol. The number of thiophene rings is 1. The molecule has 0 amide bonds. The first kappa shape index (κ1) is 17.0. The standard InChI is InChI=1S/C16H21NO3S2/c1-4-15-5-6-16(21-15)22(18,19)17-7-8-20-14-10-12(2)9-13(3)11-14/h5-6,9-11,17H,4,7-8H2,1-3H3. The predicted molar refractivity (Wildman–Crippen MR) is 90.3 cm³/mol. The molecule has 4 nitrogen and oxygen atoms in total. The van der Waals surface area contributed by atoms with Gasteiger partial charge in [0, 0.05) is 11.4 Å². The maximum Gasteiger partial charge on any atom is 0.250 e. The van der Waals surface area contributed by atoms with Crippen molar-refractivity contribution in [3.63, 3.8) is 0 Å². The molecule has 1 heterocycles. The van der Waals surface area contributed by atoms with E-state index in [-0.39, 0.29) is 6.54 Å². The van der Waals surface area contributed by atoms with E-state index in [9.17, 15) is 8.42 Å². The summed E-state index contributed by atoms with van der Waals surface area (Å²) in [6, 6.07) is 9.45. The number of nitrogens with one attached hydrogen (secondary N) is 1. The highest BCUT2D eigenvalue weighted by Gasteiger charge is 2.15. The topological polar surface area (TPSA) is 55.4 Å². The molecule has 1 N–H and O–H groups in total. The molecule has 0 radical (unpaired) electrons. The molecular formula is C16H21NO3S2. The van der Waals surface area contributed by atoms with Crippen molar-refractivity contribution < 1.29 is 13.2 Å². The van der Waals surface area contributed by atoms with Crippen molar-refractivity contribution in [2.24, 2.45) is 0 Å². The quantitative estimate of drug-likeness (QED) is 0.788. The van der Waals surface area contributed by atoms with Gasteiger partial charge in [-0.2, -0.15) is 0 Å². The van der Waals surface area contributed by atoms with Crippen molar-refractivity contribution in [2.45, 2.75) is 31.4 Å². The van der Waals surface area contributed by atoms with Gasteiger partial charge in [0.05, 0.1) is 0 Å². The third-order valence-corrected chi connectivity index (χ3v) is 6.29. The molecule has 0 atom stereocenters. The Morgan fingerprint density at radius 2 is 1.82 bits per heavy atom. The number of rotatable bonds is 7. The van der Waals surface area contributed by atoms with Crippen LogP contribution in [0.2, 0.25) is 0 Å². The highest BCUT2D eigenvalue weighted by Crippen LogP contribution is 2.21. The molecule has 0 fully saturated rings. The lowest BCUT2D eigenvalue weighted by molar-refractivity contribution is 0.322. The Kier molecular flexibility index (Phi) is 5.61. The normalized spacial score (nSPS) is 11.6. The highest BCUT2D eigenvalue weighted by atomic mass is 32.2. The Balaban J connectivity index is 1.87. The largest absolute Gasteiger partial charge is 0.492 e. The summed E-state index contributed by atoms with van der Waals surface area (Å²) in [5.74, 6) is 0.765. The molecule has 0 aliphatic heterocycles. The Morgan fingerprint density at radius 3 is 2.41 bits per heavy atom. The summed E-state index contributed by atoms with van der Waals surface area (Å²) < 4.78 is 32.8. The zero-order valence-electron chi connectivity index (χ0n) is 13.0. The van der Waals surface area contributed by atoms with Gasteiger partial charge < -0.3 is 4.74 Å². The van der Waals surface area contributed by atoms with Crippen LogP contribution in [0.3, 0.4) is 0 Å². The van der Waals surface area contributed by atoms with E-state index in [0.717, 1.165) is 28.2 Å². The van der Waals surface area contributed by atoms with Gasteiger partial charge in [-0.3, -0.25) is 0 Å². The van der Waals surface area contributed by atoms with Gasteiger partial charge in [0.2, 0.25) is 10.0 Å². The molecule has 22 heavy (non-hydrogen) atoms. The van der Waals surface area contributed by atoms with E-state index in [1.165, 1.54) is 11.3 Å². The van der Waals surface area contributed by atoms with Crippen molar-refractivity contribution in [2.75, 3.05) is 13.2 Å². The Labute approximate surface area is 136 Å². The third-order valence-electron chi connectivity index (χ3n) is 3.11. The first-order valence-electron chi connectivity index (χ1n) is 7.20. The molecule has 1 aromatic heterocycles. The number of ether oxygens (including phenoxy) is 1. The first-order valence-corrected chi connectivity index (χ1v) is 9.50. The summed E-state index contributed by atoms with van der Waals surface area (Å²) in [6.07, 6.45) is 0.843. The molecule has 0 saturated carbocycles. The molecule has 0 aliphatic carbocycles. The van der Waals surface area contributed by atoms with Gasteiger partial charge in [-0.1, -0.05) is 13.0 Å². The summed E-state index contributed by atoms with van der Waals surface area (Å²) in [5, 5.41) is 0. The summed E-state index contributed by atoms with van der Waals surface area (Å²) >= 11 is 1.31. The molecule has 0 saturated heterocycles. The van der Waals surface area contributed by atoms with E-state index < -0.39 is 10.0 Å². The van der Waals surface area contributed by atoms with Gasteiger partial charge >= 0.3 is 0 Å². The van der Waals surface area contributed by atoms with E-state index in [0.29, 0.717) is 10.8 Å². The van der Waals surface area contributed by atoms with Gasteiger partial charge in [-0.15, -0.1) is 11.3 Å². The molecule has 2 aromatic rings. The average Bonchev–Trinajstić information content (AvgIpc) is 2.92. The van der Waals surface area contributed by atoms with E-state index in [2.05, 4.69) is 10.8 Å². The van der Waals surface area contributed by atoms with Gasteiger partial charge in [-0.05, 0) is 55.7 Å². The second-order valence-electron chi connectivity index (χ2n) is 5.14. The van der Waals surface area contributed by atoms with Crippen LogP contribution < -0.4 is 9.46 Å². The zero-order valence-corrected chi connectivity index (χ0v) is 14.7. The third kappa shape index (κ3) is 4.56. The van der Waals surface area contributed by atoms with Crippen LogP contribution in [-0.2, 0) is 16.4 Å². The summed E-state index contributed by atoms with van der Waals surface area (Å²) in [5.41, 5.74) is 2.25. The smallest absolute Gasteiger partial charge is 0.250 e. The van der Waals surface area contributed by atoms with Crippen LogP contribution in [0.25, 0.3) is 0 Å². The van der Waals surface area contributed by atoms with Crippen molar-refractivity contribution in [1.82, 2.24) is 4.72 Å². The number of sulfonamides is 1. The molecule has 6 heteroatoms. The number of benzene rings is 1. The molecule has 0 bridgehead atoms. The molecular weight excluding hydrogens is 318 g/mol. The second-order valence-corrected chi connectivity index (χ2v) is 8.31. The predicted octanol–water partition coefficient (Wildman–Crippen LogP) is 3.28. The number of aryl methyl sites for hydroxylation is 3. The fourth-order valence-corrected chi connectivity index (χ4v) is 4.48. The SMILES string of the molecule is CCc1ccc(S(=O)(=O)NCCOc2cc(C)cc(C)c2)s1. The zero-order chi connectivity index (χ0) is 16.2. The summed E-state index contributed by atoms with van der Waals surface area (Å²) in [6.45, 7) is 6.56. The minimum Gasteiger partial charge on any atom is -0.492 e. The van der Waals surface area contributed by atoms with E-state index in [4.69, 9.17) is 4.74 Å². The van der Waals surface area contributed by atoms with Crippen LogP contribution >= 0.6 is 11.3 Å². The van der Waals surface area contributed by atoms with Gasteiger partial charge in [-0.25, -0.2) is 13.1 Å². The molecule has 0 spiro atoms. The lowest BCUT2D eigenvalue weighted by Crippen LogP contribution is -2.27. The van der Waals surface area contributed by atoms with Gasteiger partial charge in [0.15, 0.2) is 0 Å². The molecule has 0 unspecified atom stereocenters. The van der Waals surface area contributed by atoms with Crippen LogP contribution in [-0.4, -0.2) is 21.6 Å². The molecule has 1 aromatic carbocycles. The molecule has 0 aliphatic rings. The van der Waals surface area contributed by atoms with Crippen LogP contribution in [0.1, 0.15) is 22.9 Å².